The van der Waals surface area contributed by atoms with E-state index in [1.807, 2.05) is 12.1 Å². The Morgan fingerprint density at radius 1 is 1.13 bits per heavy atom. The molecule has 6 nitrogen and oxygen atoms in total. The van der Waals surface area contributed by atoms with Crippen molar-refractivity contribution in [3.8, 4) is 5.75 Å². The number of carbonyl (C=O) groups is 1. The van der Waals surface area contributed by atoms with E-state index in [-0.39, 0.29) is 17.9 Å². The summed E-state index contributed by atoms with van der Waals surface area (Å²) < 4.78 is 10.6. The van der Waals surface area contributed by atoms with Crippen LogP contribution in [0.2, 0.25) is 0 Å². The SMILES string of the molecule is COCCCNC(=O)[C@H]1Cc2ccc(OC)cc2N2CCN(c3ccccc3)C[C@@H]12. The number of piperazine rings is 1. The summed E-state index contributed by atoms with van der Waals surface area (Å²) >= 11 is 0. The first-order valence-electron chi connectivity index (χ1n) is 10.7. The van der Waals surface area contributed by atoms with Gasteiger partial charge in [-0.3, -0.25) is 4.79 Å². The minimum Gasteiger partial charge on any atom is -0.497 e. The molecule has 2 aliphatic heterocycles. The van der Waals surface area contributed by atoms with Crippen LogP contribution in [0.5, 0.6) is 5.75 Å². The maximum absolute atomic E-state index is 13.2. The van der Waals surface area contributed by atoms with E-state index in [9.17, 15) is 4.79 Å². The van der Waals surface area contributed by atoms with Gasteiger partial charge in [0.25, 0.3) is 0 Å². The number of hydrogen-bond donors (Lipinski definition) is 1. The normalized spacial score (nSPS) is 20.3. The minimum atomic E-state index is -0.0834. The maximum Gasteiger partial charge on any atom is 0.225 e. The summed E-state index contributed by atoms with van der Waals surface area (Å²) in [5.41, 5.74) is 3.64. The molecule has 1 amide bonds. The van der Waals surface area contributed by atoms with Gasteiger partial charge < -0.3 is 24.6 Å². The number of hydrogen-bond acceptors (Lipinski definition) is 5. The predicted molar refractivity (Wildman–Crippen MR) is 119 cm³/mol. The van der Waals surface area contributed by atoms with Gasteiger partial charge in [-0.15, -0.1) is 0 Å². The number of para-hydroxylation sites is 1. The lowest BCUT2D eigenvalue weighted by Crippen LogP contribution is -2.61. The van der Waals surface area contributed by atoms with Gasteiger partial charge in [0.2, 0.25) is 5.91 Å². The van der Waals surface area contributed by atoms with Crippen LogP contribution >= 0.6 is 0 Å². The lowest BCUT2D eigenvalue weighted by molar-refractivity contribution is -0.125. The van der Waals surface area contributed by atoms with Crippen LogP contribution in [-0.2, 0) is 16.0 Å². The number of nitrogens with zero attached hydrogens (tertiary/aromatic N) is 2. The molecule has 0 bridgehead atoms. The Balaban J connectivity index is 1.59. The zero-order valence-corrected chi connectivity index (χ0v) is 17.8. The Morgan fingerprint density at radius 3 is 2.73 bits per heavy atom. The highest BCUT2D eigenvalue weighted by molar-refractivity contribution is 5.82. The molecule has 0 radical (unpaired) electrons. The first-order valence-corrected chi connectivity index (χ1v) is 10.7. The second-order valence-corrected chi connectivity index (χ2v) is 7.98. The zero-order chi connectivity index (χ0) is 20.9. The van der Waals surface area contributed by atoms with E-state index in [1.54, 1.807) is 14.2 Å². The monoisotopic (exact) mass is 409 g/mol. The third-order valence-electron chi connectivity index (χ3n) is 6.21. The molecular weight excluding hydrogens is 378 g/mol. The Hall–Kier alpha value is -2.73. The van der Waals surface area contributed by atoms with Gasteiger partial charge in [-0.2, -0.15) is 0 Å². The summed E-state index contributed by atoms with van der Waals surface area (Å²) in [6.45, 7) is 3.95. The predicted octanol–water partition coefficient (Wildman–Crippen LogP) is 2.72. The van der Waals surface area contributed by atoms with Crippen LogP contribution in [0.15, 0.2) is 48.5 Å². The first kappa shape index (κ1) is 20.5. The number of methoxy groups -OCH3 is 2. The molecule has 2 aromatic rings. The molecule has 30 heavy (non-hydrogen) atoms. The summed E-state index contributed by atoms with van der Waals surface area (Å²) in [7, 11) is 3.39. The molecule has 2 atom stereocenters. The number of ether oxygens (including phenoxy) is 2. The van der Waals surface area contributed by atoms with E-state index in [0.717, 1.165) is 38.2 Å². The second-order valence-electron chi connectivity index (χ2n) is 7.98. The van der Waals surface area contributed by atoms with Crippen molar-refractivity contribution >= 4 is 17.3 Å². The van der Waals surface area contributed by atoms with Crippen LogP contribution in [0.1, 0.15) is 12.0 Å². The van der Waals surface area contributed by atoms with Crippen LogP contribution in [0.3, 0.4) is 0 Å². The summed E-state index contributed by atoms with van der Waals surface area (Å²) in [5.74, 6) is 0.915. The van der Waals surface area contributed by atoms with Crippen molar-refractivity contribution in [3.63, 3.8) is 0 Å². The molecule has 0 aromatic heterocycles. The van der Waals surface area contributed by atoms with Crippen molar-refractivity contribution in [2.45, 2.75) is 18.9 Å². The molecule has 0 unspecified atom stereocenters. The summed E-state index contributed by atoms with van der Waals surface area (Å²) in [6.07, 6.45) is 1.58. The van der Waals surface area contributed by atoms with Gasteiger partial charge in [0, 0.05) is 57.3 Å². The van der Waals surface area contributed by atoms with Crippen LogP contribution in [0.25, 0.3) is 0 Å². The van der Waals surface area contributed by atoms with E-state index < -0.39 is 0 Å². The van der Waals surface area contributed by atoms with E-state index >= 15 is 0 Å². The van der Waals surface area contributed by atoms with Gasteiger partial charge in [-0.1, -0.05) is 24.3 Å². The van der Waals surface area contributed by atoms with Crippen LogP contribution < -0.4 is 19.9 Å². The molecular formula is C24H31N3O3. The molecule has 1 fully saturated rings. The second kappa shape index (κ2) is 9.39. The molecule has 6 heteroatoms. The van der Waals surface area contributed by atoms with Crippen molar-refractivity contribution in [2.24, 2.45) is 5.92 Å². The number of amides is 1. The largest absolute Gasteiger partial charge is 0.497 e. The average molecular weight is 410 g/mol. The molecule has 0 spiro atoms. The molecule has 0 saturated carbocycles. The number of nitrogens with one attached hydrogen (secondary N) is 1. The average Bonchev–Trinajstić information content (AvgIpc) is 2.81. The van der Waals surface area contributed by atoms with Gasteiger partial charge >= 0.3 is 0 Å². The van der Waals surface area contributed by atoms with Crippen molar-refractivity contribution in [1.82, 2.24) is 5.32 Å². The van der Waals surface area contributed by atoms with Gasteiger partial charge in [0.1, 0.15) is 5.75 Å². The van der Waals surface area contributed by atoms with Gasteiger partial charge in [-0.05, 0) is 36.6 Å². The van der Waals surface area contributed by atoms with E-state index in [1.165, 1.54) is 16.9 Å². The topological polar surface area (TPSA) is 54.0 Å². The van der Waals surface area contributed by atoms with Crippen molar-refractivity contribution in [2.75, 3.05) is 56.8 Å². The Kier molecular flexibility index (Phi) is 6.43. The third-order valence-corrected chi connectivity index (χ3v) is 6.21. The Labute approximate surface area is 178 Å². The van der Waals surface area contributed by atoms with Crippen LogP contribution in [-0.4, -0.2) is 59.0 Å². The Morgan fingerprint density at radius 2 is 1.97 bits per heavy atom. The number of carbonyl (C=O) groups excluding carboxylic acids is 1. The number of anilines is 2. The molecule has 2 heterocycles. The third kappa shape index (κ3) is 4.24. The van der Waals surface area contributed by atoms with Crippen molar-refractivity contribution in [3.05, 3.63) is 54.1 Å². The standard InChI is InChI=1S/C24H31N3O3/c1-29-14-6-11-25-24(28)21-15-18-9-10-20(30-2)16-22(18)27-13-12-26(17-23(21)27)19-7-4-3-5-8-19/h3-5,7-10,16,21,23H,6,11-15,17H2,1-2H3,(H,25,28)/t21-,23-/m0/s1. The lowest BCUT2D eigenvalue weighted by Gasteiger charge is -2.49. The van der Waals surface area contributed by atoms with Crippen molar-refractivity contribution in [1.29, 1.82) is 0 Å². The maximum atomic E-state index is 13.2. The Bertz CT molecular complexity index is 858. The van der Waals surface area contributed by atoms with Crippen LogP contribution in [0.4, 0.5) is 11.4 Å². The molecule has 0 aliphatic carbocycles. The van der Waals surface area contributed by atoms with E-state index in [0.29, 0.717) is 13.2 Å². The number of rotatable bonds is 7. The van der Waals surface area contributed by atoms with Gasteiger partial charge in [0.05, 0.1) is 19.1 Å². The lowest BCUT2D eigenvalue weighted by atomic mass is 9.83. The highest BCUT2D eigenvalue weighted by atomic mass is 16.5. The number of benzene rings is 2. The first-order chi connectivity index (χ1) is 14.7. The van der Waals surface area contributed by atoms with Gasteiger partial charge in [0.15, 0.2) is 0 Å². The summed E-state index contributed by atoms with van der Waals surface area (Å²) in [4.78, 5) is 18.0. The minimum absolute atomic E-state index is 0.0834. The molecule has 1 saturated heterocycles. The summed E-state index contributed by atoms with van der Waals surface area (Å²) in [5, 5.41) is 3.14. The highest BCUT2D eigenvalue weighted by Gasteiger charge is 2.41. The highest BCUT2D eigenvalue weighted by Crippen LogP contribution is 2.38. The fraction of sp³-hybridized carbons (Fsp3) is 0.458. The molecule has 1 N–H and O–H groups in total. The number of fused-ring (bicyclic) bond motifs is 3. The fourth-order valence-corrected chi connectivity index (χ4v) is 4.64. The quantitative estimate of drug-likeness (QED) is 0.713. The van der Waals surface area contributed by atoms with Gasteiger partial charge in [-0.25, -0.2) is 0 Å². The molecule has 160 valence electrons. The molecule has 2 aliphatic rings. The summed E-state index contributed by atoms with van der Waals surface area (Å²) in [6, 6.07) is 16.8. The molecule has 2 aromatic carbocycles. The van der Waals surface area contributed by atoms with E-state index in [2.05, 4.69) is 51.5 Å². The molecule has 4 rings (SSSR count). The van der Waals surface area contributed by atoms with E-state index in [4.69, 9.17) is 9.47 Å². The fourth-order valence-electron chi connectivity index (χ4n) is 4.64. The van der Waals surface area contributed by atoms with Crippen LogP contribution in [0, 0.1) is 5.92 Å². The van der Waals surface area contributed by atoms with Crippen molar-refractivity contribution < 1.29 is 14.3 Å². The smallest absolute Gasteiger partial charge is 0.225 e. The zero-order valence-electron chi connectivity index (χ0n) is 17.8.